The van der Waals surface area contributed by atoms with E-state index in [1.165, 1.54) is 80.7 Å². The van der Waals surface area contributed by atoms with Gasteiger partial charge in [-0.15, -0.1) is 0 Å². The van der Waals surface area contributed by atoms with Gasteiger partial charge in [-0.1, -0.05) is 120 Å². The molecule has 52 heavy (non-hydrogen) atoms. The molecule has 0 radical (unpaired) electrons. The van der Waals surface area contributed by atoms with Gasteiger partial charge in [0.2, 0.25) is 0 Å². The minimum Gasteiger partial charge on any atom is -0.462 e. The molecular formula is C46H64O6. The van der Waals surface area contributed by atoms with Crippen molar-refractivity contribution >= 4 is 5.97 Å². The number of carbonyl (C=O) groups is 1. The number of esters is 1. The lowest BCUT2D eigenvalue weighted by atomic mass is 9.71. The third-order valence-electron chi connectivity index (χ3n) is 11.3. The highest BCUT2D eigenvalue weighted by Gasteiger charge is 2.29. The van der Waals surface area contributed by atoms with Crippen LogP contribution in [0.1, 0.15) is 102 Å². The number of aliphatic hydroxyl groups is 2. The molecule has 2 N–H and O–H groups in total. The van der Waals surface area contributed by atoms with E-state index < -0.39 is 12.3 Å². The first-order valence-corrected chi connectivity index (χ1v) is 19.6. The van der Waals surface area contributed by atoms with Crippen LogP contribution in [0.5, 0.6) is 0 Å². The second-order valence-electron chi connectivity index (χ2n) is 15.3. The first-order chi connectivity index (χ1) is 25.1. The van der Waals surface area contributed by atoms with Crippen molar-refractivity contribution in [1.29, 1.82) is 0 Å². The minimum absolute atomic E-state index is 0.000140. The molecule has 4 rings (SSSR count). The molecule has 0 amide bonds. The van der Waals surface area contributed by atoms with E-state index in [9.17, 15) is 15.0 Å². The van der Waals surface area contributed by atoms with Crippen LogP contribution in [0, 0.1) is 17.8 Å². The highest BCUT2D eigenvalue weighted by atomic mass is 16.6. The Morgan fingerprint density at radius 1 is 1.02 bits per heavy atom. The number of carbonyl (C=O) groups excluding carboxylic acids is 1. The fourth-order valence-electron chi connectivity index (χ4n) is 7.64. The molecule has 2 aliphatic rings. The first kappa shape index (κ1) is 41.5. The van der Waals surface area contributed by atoms with Crippen LogP contribution < -0.4 is 0 Å². The Labute approximate surface area is 313 Å². The fraction of sp³-hybridized carbons (Fsp3) is 0.543. The van der Waals surface area contributed by atoms with Gasteiger partial charge in [0.15, 0.2) is 6.29 Å². The van der Waals surface area contributed by atoms with Crippen molar-refractivity contribution in [3.05, 3.63) is 107 Å². The number of aryl methyl sites for hydroxylation is 2. The van der Waals surface area contributed by atoms with Crippen LogP contribution in [-0.2, 0) is 37.3 Å². The van der Waals surface area contributed by atoms with Crippen molar-refractivity contribution in [2.45, 2.75) is 110 Å². The molecule has 3 atom stereocenters. The maximum absolute atomic E-state index is 12.3. The van der Waals surface area contributed by atoms with Crippen LogP contribution in [-0.4, -0.2) is 56.0 Å². The lowest BCUT2D eigenvalue weighted by molar-refractivity contribution is -0.143. The van der Waals surface area contributed by atoms with Crippen molar-refractivity contribution in [2.24, 2.45) is 17.8 Å². The van der Waals surface area contributed by atoms with E-state index in [-0.39, 0.29) is 48.9 Å². The highest BCUT2D eigenvalue weighted by molar-refractivity contribution is 5.87. The molecule has 0 aliphatic heterocycles. The summed E-state index contributed by atoms with van der Waals surface area (Å²) in [6.45, 7) is 14.2. The van der Waals surface area contributed by atoms with Crippen LogP contribution >= 0.6 is 0 Å². The number of hydrogen-bond acceptors (Lipinski definition) is 6. The zero-order valence-corrected chi connectivity index (χ0v) is 32.3. The third kappa shape index (κ3) is 11.9. The number of methoxy groups -OCH3 is 1. The number of aliphatic hydroxyl groups excluding tert-OH is 2. The fourth-order valence-corrected chi connectivity index (χ4v) is 7.64. The van der Waals surface area contributed by atoms with E-state index in [4.69, 9.17) is 14.2 Å². The Morgan fingerprint density at radius 3 is 2.40 bits per heavy atom. The Bertz CT molecular complexity index is 1510. The zero-order valence-electron chi connectivity index (χ0n) is 32.3. The molecule has 2 aliphatic carbocycles. The van der Waals surface area contributed by atoms with Gasteiger partial charge in [0.05, 0.1) is 32.0 Å². The standard InChI is InChI=1S/C46H64O6/c1-7-9-10-11-35-14-18-39(19-15-35)40-24-26-46(5,27-25-40)42-22-23-43(38(8-2)28-42)41-20-16-36(17-21-41)12-13-37(31-51-44(48)33(3)29-47)32-52-45(49)34(4)30-50-6/h16-17,20-26,28,35,37,39,44,47-48H,3-4,7-15,18-19,27,29-32H2,1-2,5-6H3. The Kier molecular flexibility index (Phi) is 16.6. The van der Waals surface area contributed by atoms with Gasteiger partial charge in [0.1, 0.15) is 0 Å². The molecule has 3 unspecified atom stereocenters. The molecule has 2 aromatic carbocycles. The normalized spacial score (nSPS) is 21.3. The number of unbranched alkanes of at least 4 members (excludes halogenated alkanes) is 2. The summed E-state index contributed by atoms with van der Waals surface area (Å²) >= 11 is 0. The number of ether oxygens (including phenoxy) is 3. The van der Waals surface area contributed by atoms with Gasteiger partial charge in [-0.25, -0.2) is 4.79 Å². The van der Waals surface area contributed by atoms with Crippen LogP contribution in [0.25, 0.3) is 11.1 Å². The smallest absolute Gasteiger partial charge is 0.335 e. The third-order valence-corrected chi connectivity index (χ3v) is 11.3. The molecule has 2 aromatic rings. The van der Waals surface area contributed by atoms with Gasteiger partial charge in [-0.3, -0.25) is 0 Å². The summed E-state index contributed by atoms with van der Waals surface area (Å²) in [5.74, 6) is 0.969. The van der Waals surface area contributed by atoms with Gasteiger partial charge in [0, 0.05) is 24.0 Å². The van der Waals surface area contributed by atoms with Gasteiger partial charge in [-0.2, -0.15) is 0 Å². The van der Waals surface area contributed by atoms with E-state index >= 15 is 0 Å². The van der Waals surface area contributed by atoms with Gasteiger partial charge in [-0.05, 0) is 96.6 Å². The molecule has 1 saturated carbocycles. The predicted octanol–water partition coefficient (Wildman–Crippen LogP) is 9.62. The van der Waals surface area contributed by atoms with E-state index in [1.54, 1.807) is 5.57 Å². The van der Waals surface area contributed by atoms with Crippen LogP contribution in [0.15, 0.2) is 90.6 Å². The lowest BCUT2D eigenvalue weighted by Crippen LogP contribution is -2.25. The largest absolute Gasteiger partial charge is 0.462 e. The number of rotatable bonds is 21. The summed E-state index contributed by atoms with van der Waals surface area (Å²) in [7, 11) is 1.50. The summed E-state index contributed by atoms with van der Waals surface area (Å²) in [5, 5.41) is 19.4. The summed E-state index contributed by atoms with van der Waals surface area (Å²) in [4.78, 5) is 12.3. The van der Waals surface area contributed by atoms with Crippen LogP contribution in [0.2, 0.25) is 0 Å². The Balaban J connectivity index is 1.36. The van der Waals surface area contributed by atoms with E-state index in [0.29, 0.717) is 6.42 Å². The molecule has 284 valence electrons. The first-order valence-electron chi connectivity index (χ1n) is 19.6. The van der Waals surface area contributed by atoms with Crippen LogP contribution in [0.4, 0.5) is 0 Å². The monoisotopic (exact) mass is 712 g/mol. The topological polar surface area (TPSA) is 85.2 Å². The maximum atomic E-state index is 12.3. The van der Waals surface area contributed by atoms with Crippen molar-refractivity contribution in [3.8, 4) is 11.1 Å². The second kappa shape index (κ2) is 20.8. The second-order valence-corrected chi connectivity index (χ2v) is 15.3. The highest BCUT2D eigenvalue weighted by Crippen LogP contribution is 2.41. The van der Waals surface area contributed by atoms with E-state index in [0.717, 1.165) is 36.7 Å². The molecule has 0 bridgehead atoms. The van der Waals surface area contributed by atoms with Crippen molar-refractivity contribution in [3.63, 3.8) is 0 Å². The zero-order chi connectivity index (χ0) is 37.5. The molecule has 0 saturated heterocycles. The Hall–Kier alpha value is -3.29. The van der Waals surface area contributed by atoms with Gasteiger partial charge < -0.3 is 24.4 Å². The summed E-state index contributed by atoms with van der Waals surface area (Å²) < 4.78 is 16.0. The van der Waals surface area contributed by atoms with Gasteiger partial charge in [0.25, 0.3) is 0 Å². The van der Waals surface area contributed by atoms with Crippen LogP contribution in [0.3, 0.4) is 0 Å². The number of allylic oxidation sites excluding steroid dienone is 4. The molecule has 6 heteroatoms. The maximum Gasteiger partial charge on any atom is 0.335 e. The van der Waals surface area contributed by atoms with Crippen molar-refractivity contribution in [1.82, 2.24) is 0 Å². The Morgan fingerprint density at radius 2 is 1.77 bits per heavy atom. The van der Waals surface area contributed by atoms with Crippen molar-refractivity contribution < 1.29 is 29.2 Å². The number of hydrogen-bond donors (Lipinski definition) is 2. The van der Waals surface area contributed by atoms with Crippen molar-refractivity contribution in [2.75, 3.05) is 33.5 Å². The summed E-state index contributed by atoms with van der Waals surface area (Å²) in [6.07, 6.45) is 20.6. The SMILES string of the molecule is C=C(COC)C(=O)OCC(CCc1ccc(-c2ccc(C3(C)C=CC(C4CCC(CCCCC)CC4)=CC3)cc2CC)cc1)COC(O)C(=C)CO. The quantitative estimate of drug-likeness (QED) is 0.0441. The molecular weight excluding hydrogens is 649 g/mol. The molecule has 1 fully saturated rings. The summed E-state index contributed by atoms with van der Waals surface area (Å²) in [6, 6.07) is 15.7. The molecule has 6 nitrogen and oxygen atoms in total. The average molecular weight is 713 g/mol. The average Bonchev–Trinajstić information content (AvgIpc) is 3.17. The predicted molar refractivity (Wildman–Crippen MR) is 212 cm³/mol. The summed E-state index contributed by atoms with van der Waals surface area (Å²) in [5.41, 5.74) is 8.33. The van der Waals surface area contributed by atoms with E-state index in [2.05, 4.69) is 94.6 Å². The van der Waals surface area contributed by atoms with E-state index in [1.807, 2.05) is 0 Å². The lowest BCUT2D eigenvalue weighted by Gasteiger charge is -2.34. The number of benzene rings is 2. The molecule has 0 aromatic heterocycles. The molecule has 0 spiro atoms. The molecule has 0 heterocycles. The van der Waals surface area contributed by atoms with Gasteiger partial charge >= 0.3 is 5.97 Å². The minimum atomic E-state index is -1.29.